The minimum absolute atomic E-state index is 0.111. The average Bonchev–Trinajstić information content (AvgIpc) is 3.44. The van der Waals surface area contributed by atoms with E-state index in [4.69, 9.17) is 16.6 Å². The Labute approximate surface area is 190 Å². The summed E-state index contributed by atoms with van der Waals surface area (Å²) in [7, 11) is 0. The first kappa shape index (κ1) is 21.3. The zero-order valence-corrected chi connectivity index (χ0v) is 19.0. The Morgan fingerprint density at radius 1 is 1.19 bits per heavy atom. The maximum Gasteiger partial charge on any atom is 0.252 e. The first-order valence-corrected chi connectivity index (χ1v) is 11.3. The lowest BCUT2D eigenvalue weighted by Gasteiger charge is -2.18. The second-order valence-corrected chi connectivity index (χ2v) is 8.76. The number of amides is 1. The zero-order valence-electron chi connectivity index (χ0n) is 17.5. The highest BCUT2D eigenvalue weighted by Crippen LogP contribution is 2.33. The summed E-state index contributed by atoms with van der Waals surface area (Å²) < 4.78 is 3.13. The molecule has 158 valence electrons. The molecule has 2 heterocycles. The molecule has 0 spiro atoms. The summed E-state index contributed by atoms with van der Waals surface area (Å²) in [5, 5.41) is 1.33. The van der Waals surface area contributed by atoms with Crippen LogP contribution in [0.3, 0.4) is 0 Å². The molecule has 0 aliphatic rings. The van der Waals surface area contributed by atoms with Crippen molar-refractivity contribution in [1.82, 2.24) is 14.5 Å². The molecule has 2 aromatic carbocycles. The van der Waals surface area contributed by atoms with Crippen LogP contribution in [0.25, 0.3) is 16.3 Å². The summed E-state index contributed by atoms with van der Waals surface area (Å²) in [5.74, 6) is -0.111. The lowest BCUT2D eigenvalue weighted by atomic mass is 10.1. The van der Waals surface area contributed by atoms with Crippen LogP contribution in [0.5, 0.6) is 0 Å². The van der Waals surface area contributed by atoms with E-state index in [-0.39, 0.29) is 5.91 Å². The monoisotopic (exact) mass is 450 g/mol. The Balaban J connectivity index is 1.62. The molecule has 4 aromatic rings. The number of carbonyl (C=O) groups is 1. The van der Waals surface area contributed by atoms with E-state index < -0.39 is 0 Å². The van der Waals surface area contributed by atoms with E-state index in [0.29, 0.717) is 16.7 Å². The van der Waals surface area contributed by atoms with Crippen LogP contribution in [0.2, 0.25) is 5.02 Å². The molecule has 0 saturated carbocycles. The van der Waals surface area contributed by atoms with Gasteiger partial charge in [-0.25, -0.2) is 9.97 Å². The minimum atomic E-state index is -0.111. The van der Waals surface area contributed by atoms with Crippen molar-refractivity contribution in [2.45, 2.75) is 26.8 Å². The third kappa shape index (κ3) is 4.86. The van der Waals surface area contributed by atoms with Gasteiger partial charge < -0.3 is 4.57 Å². The van der Waals surface area contributed by atoms with Gasteiger partial charge in [0.25, 0.3) is 5.91 Å². The van der Waals surface area contributed by atoms with Crippen molar-refractivity contribution >= 4 is 50.3 Å². The van der Waals surface area contributed by atoms with E-state index in [0.717, 1.165) is 34.3 Å². The molecule has 0 saturated heterocycles. The number of hydrogen-bond donors (Lipinski definition) is 0. The quantitative estimate of drug-likeness (QED) is 0.329. The summed E-state index contributed by atoms with van der Waals surface area (Å²) in [5.41, 5.74) is 4.05. The number of rotatable bonds is 7. The van der Waals surface area contributed by atoms with Gasteiger partial charge in [-0.15, -0.1) is 0 Å². The lowest BCUT2D eigenvalue weighted by Crippen LogP contribution is -2.30. The Kier molecular flexibility index (Phi) is 6.49. The molecule has 2 aromatic heterocycles. The third-order valence-electron chi connectivity index (χ3n) is 5.10. The maximum atomic E-state index is 13.2. The Hall–Kier alpha value is -2.96. The van der Waals surface area contributed by atoms with E-state index >= 15 is 0 Å². The van der Waals surface area contributed by atoms with Gasteiger partial charge in [-0.05, 0) is 49.1 Å². The van der Waals surface area contributed by atoms with Gasteiger partial charge in [0, 0.05) is 36.6 Å². The maximum absolute atomic E-state index is 13.2. The number of anilines is 1. The minimum Gasteiger partial charge on any atom is -0.337 e. The molecule has 0 N–H and O–H groups in total. The van der Waals surface area contributed by atoms with Crippen LogP contribution in [0.15, 0.2) is 61.2 Å². The second kappa shape index (κ2) is 9.45. The fraction of sp³-hybridized carbons (Fsp3) is 0.208. The van der Waals surface area contributed by atoms with Crippen molar-refractivity contribution in [3.05, 3.63) is 82.9 Å². The number of carbonyl (C=O) groups excluding carboxylic acids is 1. The van der Waals surface area contributed by atoms with Crippen molar-refractivity contribution < 1.29 is 4.79 Å². The summed E-state index contributed by atoms with van der Waals surface area (Å²) in [4.78, 5) is 23.9. The fourth-order valence-electron chi connectivity index (χ4n) is 3.36. The number of imidazole rings is 1. The van der Waals surface area contributed by atoms with Gasteiger partial charge in [0.2, 0.25) is 0 Å². The Morgan fingerprint density at radius 2 is 2.00 bits per heavy atom. The predicted molar refractivity (Wildman–Crippen MR) is 129 cm³/mol. The third-order valence-corrected chi connectivity index (χ3v) is 6.65. The number of hydrogen-bond acceptors (Lipinski definition) is 4. The van der Waals surface area contributed by atoms with Gasteiger partial charge in [-0.3, -0.25) is 9.69 Å². The molecule has 31 heavy (non-hydrogen) atoms. The van der Waals surface area contributed by atoms with Gasteiger partial charge in [-0.2, -0.15) is 0 Å². The normalized spacial score (nSPS) is 11.5. The van der Waals surface area contributed by atoms with E-state index in [1.54, 1.807) is 40.9 Å². The Bertz CT molecular complexity index is 1190. The van der Waals surface area contributed by atoms with E-state index in [1.807, 2.05) is 42.0 Å². The molecule has 1 amide bonds. The van der Waals surface area contributed by atoms with Crippen LogP contribution in [0, 0.1) is 13.8 Å². The van der Waals surface area contributed by atoms with Gasteiger partial charge in [0.05, 0.1) is 16.5 Å². The molecule has 7 heteroatoms. The van der Waals surface area contributed by atoms with Gasteiger partial charge in [-0.1, -0.05) is 53.3 Å². The second-order valence-electron chi connectivity index (χ2n) is 7.37. The number of halogens is 1. The van der Waals surface area contributed by atoms with Gasteiger partial charge >= 0.3 is 0 Å². The molecule has 0 aliphatic carbocycles. The topological polar surface area (TPSA) is 51.0 Å². The van der Waals surface area contributed by atoms with Crippen LogP contribution in [-0.2, 0) is 11.3 Å². The zero-order chi connectivity index (χ0) is 21.8. The number of fused-ring (bicyclic) bond motifs is 1. The van der Waals surface area contributed by atoms with Gasteiger partial charge in [0.15, 0.2) is 5.13 Å². The summed E-state index contributed by atoms with van der Waals surface area (Å²) in [6.45, 7) is 5.46. The van der Waals surface area contributed by atoms with Crippen molar-refractivity contribution in [1.29, 1.82) is 0 Å². The van der Waals surface area contributed by atoms with Crippen molar-refractivity contribution in [2.75, 3.05) is 11.4 Å². The van der Waals surface area contributed by atoms with Crippen LogP contribution >= 0.6 is 22.9 Å². The molecule has 5 nitrogen and oxygen atoms in total. The average molecular weight is 451 g/mol. The first-order valence-electron chi connectivity index (χ1n) is 10.1. The number of benzene rings is 2. The fourth-order valence-corrected chi connectivity index (χ4v) is 4.70. The number of aryl methyl sites for hydroxylation is 3. The summed E-state index contributed by atoms with van der Waals surface area (Å²) >= 11 is 7.80. The number of nitrogens with zero attached hydrogens (tertiary/aromatic N) is 4. The van der Waals surface area contributed by atoms with Crippen molar-refractivity contribution in [2.24, 2.45) is 0 Å². The highest BCUT2D eigenvalue weighted by molar-refractivity contribution is 7.22. The van der Waals surface area contributed by atoms with Crippen molar-refractivity contribution in [3.8, 4) is 0 Å². The van der Waals surface area contributed by atoms with Crippen LogP contribution in [0.1, 0.15) is 23.1 Å². The molecule has 4 rings (SSSR count). The number of aromatic nitrogens is 3. The van der Waals surface area contributed by atoms with Crippen LogP contribution in [-0.4, -0.2) is 27.0 Å². The molecule has 0 atom stereocenters. The highest BCUT2D eigenvalue weighted by Gasteiger charge is 2.19. The SMILES string of the molecule is Cc1ccc(C)c2sc(N(CCCn3ccnc3)C(=O)/C=C/c3ccccc3Cl)nc12. The van der Waals surface area contributed by atoms with Crippen molar-refractivity contribution in [3.63, 3.8) is 0 Å². The number of thiazole rings is 1. The molecule has 0 bridgehead atoms. The smallest absolute Gasteiger partial charge is 0.252 e. The Morgan fingerprint density at radius 3 is 2.74 bits per heavy atom. The summed E-state index contributed by atoms with van der Waals surface area (Å²) in [6, 6.07) is 11.6. The molecular formula is C24H23ClN4OS. The predicted octanol–water partition coefficient (Wildman–Crippen LogP) is 5.90. The van der Waals surface area contributed by atoms with Crippen LogP contribution < -0.4 is 4.90 Å². The standard InChI is InChI=1S/C24H23ClN4OS/c1-17-8-9-18(2)23-22(17)27-24(31-23)29(14-5-13-28-15-12-26-16-28)21(30)11-10-19-6-3-4-7-20(19)25/h3-4,6-12,15-16H,5,13-14H2,1-2H3/b11-10+. The largest absolute Gasteiger partial charge is 0.337 e. The van der Waals surface area contributed by atoms with E-state index in [2.05, 4.69) is 24.0 Å². The molecule has 0 radical (unpaired) electrons. The van der Waals surface area contributed by atoms with Crippen LogP contribution in [0.4, 0.5) is 5.13 Å². The van der Waals surface area contributed by atoms with Gasteiger partial charge in [0.1, 0.15) is 0 Å². The van der Waals surface area contributed by atoms with E-state index in [9.17, 15) is 4.79 Å². The first-order chi connectivity index (χ1) is 15.0. The lowest BCUT2D eigenvalue weighted by molar-refractivity contribution is -0.114. The van der Waals surface area contributed by atoms with E-state index in [1.165, 1.54) is 5.56 Å². The highest BCUT2D eigenvalue weighted by atomic mass is 35.5. The molecule has 0 unspecified atom stereocenters. The molecular weight excluding hydrogens is 428 g/mol. The summed E-state index contributed by atoms with van der Waals surface area (Å²) in [6.07, 6.45) is 9.59. The molecule has 0 aliphatic heterocycles. The molecule has 0 fully saturated rings.